The molecule has 2 rings (SSSR count). The van der Waals surface area contributed by atoms with E-state index in [9.17, 15) is 27.0 Å². The van der Waals surface area contributed by atoms with Crippen molar-refractivity contribution in [2.45, 2.75) is 23.9 Å². The number of nitrogens with zero attached hydrogens (tertiary/aromatic N) is 1. The molecule has 0 spiro atoms. The first-order valence-electron chi connectivity index (χ1n) is 5.28. The van der Waals surface area contributed by atoms with Gasteiger partial charge in [0.1, 0.15) is 0 Å². The van der Waals surface area contributed by atoms with E-state index in [1.165, 1.54) is 0 Å². The summed E-state index contributed by atoms with van der Waals surface area (Å²) in [6, 6.07) is 0. The third kappa shape index (κ3) is 2.48. The van der Waals surface area contributed by atoms with Crippen LogP contribution in [0.2, 0.25) is 0 Å². The van der Waals surface area contributed by atoms with Gasteiger partial charge in [-0.25, -0.2) is 16.8 Å². The molecule has 0 saturated carbocycles. The van der Waals surface area contributed by atoms with Crippen LogP contribution >= 0.6 is 0 Å². The van der Waals surface area contributed by atoms with Crippen LogP contribution in [0, 0.1) is 0 Å². The predicted molar refractivity (Wildman–Crippen MR) is 59.6 cm³/mol. The molecule has 0 aromatic heterocycles. The van der Waals surface area contributed by atoms with Crippen molar-refractivity contribution in [3.63, 3.8) is 0 Å². The zero-order valence-electron chi connectivity index (χ0n) is 9.06. The molecule has 2 aliphatic rings. The van der Waals surface area contributed by atoms with E-state index in [0.29, 0.717) is 0 Å². The highest BCUT2D eigenvalue weighted by atomic mass is 32.2. The predicted octanol–water partition coefficient (Wildman–Crippen LogP) is -2.46. The van der Waals surface area contributed by atoms with Gasteiger partial charge in [-0.15, -0.1) is 0 Å². The Balaban J connectivity index is 2.16. The van der Waals surface area contributed by atoms with Crippen LogP contribution in [0.15, 0.2) is 0 Å². The fourth-order valence-electron chi connectivity index (χ4n) is 2.15. The number of aliphatic hydroxyl groups excluding tert-OH is 2. The smallest absolute Gasteiger partial charge is 0.218 e. The lowest BCUT2D eigenvalue weighted by Crippen LogP contribution is -2.38. The monoisotopic (exact) mass is 285 g/mol. The highest BCUT2D eigenvalue weighted by Gasteiger charge is 2.44. The van der Waals surface area contributed by atoms with Crippen LogP contribution in [0.5, 0.6) is 0 Å². The van der Waals surface area contributed by atoms with E-state index in [4.69, 9.17) is 0 Å². The van der Waals surface area contributed by atoms with Gasteiger partial charge in [-0.05, 0) is 6.42 Å². The van der Waals surface area contributed by atoms with Crippen molar-refractivity contribution in [2.75, 3.05) is 24.6 Å². The summed E-state index contributed by atoms with van der Waals surface area (Å²) in [5.41, 5.74) is 0. The Morgan fingerprint density at radius 2 is 1.65 bits per heavy atom. The minimum absolute atomic E-state index is 0.0906. The maximum Gasteiger partial charge on any atom is 0.218 e. The Hall–Kier alpha value is -0.220. The summed E-state index contributed by atoms with van der Waals surface area (Å²) >= 11 is 0. The standard InChI is InChI=1S/C8H15NO6S2/c10-7-3-9(4-8(7)11)17(14,15)6-1-2-16(12,13)5-6/h6-8,10-11H,1-5H2. The molecule has 0 aliphatic carbocycles. The van der Waals surface area contributed by atoms with Gasteiger partial charge in [-0.3, -0.25) is 0 Å². The van der Waals surface area contributed by atoms with Gasteiger partial charge in [-0.2, -0.15) is 4.31 Å². The van der Waals surface area contributed by atoms with Gasteiger partial charge in [-0.1, -0.05) is 0 Å². The molecule has 7 nitrogen and oxygen atoms in total. The lowest BCUT2D eigenvalue weighted by molar-refractivity contribution is 0.0572. The Morgan fingerprint density at radius 3 is 2.06 bits per heavy atom. The zero-order chi connectivity index (χ0) is 12.8. The molecule has 9 heteroatoms. The van der Waals surface area contributed by atoms with E-state index in [1.54, 1.807) is 0 Å². The second-order valence-corrected chi connectivity index (χ2v) is 8.96. The second-order valence-electron chi connectivity index (χ2n) is 4.52. The van der Waals surface area contributed by atoms with Gasteiger partial charge in [0.2, 0.25) is 10.0 Å². The van der Waals surface area contributed by atoms with Crippen LogP contribution in [0.25, 0.3) is 0 Å². The Morgan fingerprint density at radius 1 is 1.12 bits per heavy atom. The molecule has 2 fully saturated rings. The lowest BCUT2D eigenvalue weighted by atomic mass is 10.3. The summed E-state index contributed by atoms with van der Waals surface area (Å²) in [4.78, 5) is 0. The first-order chi connectivity index (χ1) is 7.72. The molecule has 3 atom stereocenters. The summed E-state index contributed by atoms with van der Waals surface area (Å²) < 4.78 is 47.6. The average molecular weight is 285 g/mol. The van der Waals surface area contributed by atoms with Crippen molar-refractivity contribution in [2.24, 2.45) is 0 Å². The number of sulfone groups is 1. The third-order valence-electron chi connectivity index (χ3n) is 3.20. The maximum atomic E-state index is 12.1. The first-order valence-corrected chi connectivity index (χ1v) is 8.60. The zero-order valence-corrected chi connectivity index (χ0v) is 10.7. The molecule has 0 bridgehead atoms. The number of rotatable bonds is 2. The molecule has 0 amide bonds. The van der Waals surface area contributed by atoms with Gasteiger partial charge in [0.15, 0.2) is 9.84 Å². The lowest BCUT2D eigenvalue weighted by Gasteiger charge is -2.19. The van der Waals surface area contributed by atoms with Crippen molar-refractivity contribution in [1.82, 2.24) is 4.31 Å². The largest absolute Gasteiger partial charge is 0.389 e. The fourth-order valence-corrected chi connectivity index (χ4v) is 6.71. The minimum atomic E-state index is -3.74. The van der Waals surface area contributed by atoms with Crippen LogP contribution in [0.3, 0.4) is 0 Å². The normalized spacial score (nSPS) is 38.6. The highest BCUT2D eigenvalue weighted by Crippen LogP contribution is 2.25. The molecular weight excluding hydrogens is 270 g/mol. The van der Waals surface area contributed by atoms with E-state index >= 15 is 0 Å². The summed E-state index contributed by atoms with van der Waals surface area (Å²) in [6.07, 6.45) is -2.10. The number of β-amino-alcohol motifs (C(OH)–C–C–N with tert-alkyl or cyclic N) is 2. The topological polar surface area (TPSA) is 112 Å². The summed E-state index contributed by atoms with van der Waals surface area (Å²) in [6.45, 7) is -0.333. The van der Waals surface area contributed by atoms with Gasteiger partial charge < -0.3 is 10.2 Å². The van der Waals surface area contributed by atoms with E-state index in [0.717, 1.165) is 4.31 Å². The second kappa shape index (κ2) is 4.16. The minimum Gasteiger partial charge on any atom is -0.389 e. The Labute approximate surface area is 100 Å². The molecule has 0 radical (unpaired) electrons. The first kappa shape index (κ1) is 13.2. The Bertz CT molecular complexity index is 488. The maximum absolute atomic E-state index is 12.1. The molecule has 3 unspecified atom stereocenters. The van der Waals surface area contributed by atoms with Crippen molar-refractivity contribution < 1.29 is 27.0 Å². The van der Waals surface area contributed by atoms with E-state index in [1.807, 2.05) is 0 Å². The quantitative estimate of drug-likeness (QED) is 0.582. The summed E-state index contributed by atoms with van der Waals surface area (Å²) in [7, 11) is -7.01. The number of hydrogen-bond acceptors (Lipinski definition) is 6. The van der Waals surface area contributed by atoms with Crippen LogP contribution in [0.4, 0.5) is 0 Å². The van der Waals surface area contributed by atoms with Gasteiger partial charge in [0, 0.05) is 13.1 Å². The molecule has 2 aliphatic heterocycles. The molecule has 2 saturated heterocycles. The van der Waals surface area contributed by atoms with Crippen LogP contribution in [-0.2, 0) is 19.9 Å². The molecule has 0 aromatic carbocycles. The molecular formula is C8H15NO6S2. The van der Waals surface area contributed by atoms with Crippen LogP contribution in [0.1, 0.15) is 6.42 Å². The van der Waals surface area contributed by atoms with E-state index in [-0.39, 0.29) is 31.0 Å². The average Bonchev–Trinajstić information content (AvgIpc) is 2.72. The van der Waals surface area contributed by atoms with Crippen molar-refractivity contribution in [3.05, 3.63) is 0 Å². The van der Waals surface area contributed by atoms with Crippen molar-refractivity contribution in [3.8, 4) is 0 Å². The van der Waals surface area contributed by atoms with Crippen LogP contribution < -0.4 is 0 Å². The highest BCUT2D eigenvalue weighted by molar-refractivity contribution is 7.95. The number of aliphatic hydroxyl groups is 2. The molecule has 2 N–H and O–H groups in total. The number of hydrogen-bond donors (Lipinski definition) is 2. The van der Waals surface area contributed by atoms with Gasteiger partial charge in [0.05, 0.1) is 29.0 Å². The van der Waals surface area contributed by atoms with Gasteiger partial charge >= 0.3 is 0 Å². The van der Waals surface area contributed by atoms with Gasteiger partial charge in [0.25, 0.3) is 0 Å². The van der Waals surface area contributed by atoms with Crippen LogP contribution in [-0.4, -0.2) is 73.4 Å². The van der Waals surface area contributed by atoms with E-state index in [2.05, 4.69) is 0 Å². The third-order valence-corrected chi connectivity index (χ3v) is 7.44. The molecule has 100 valence electrons. The molecule has 0 aromatic rings. The summed E-state index contributed by atoms with van der Waals surface area (Å²) in [5.74, 6) is -0.478. The molecule has 2 heterocycles. The molecule has 17 heavy (non-hydrogen) atoms. The summed E-state index contributed by atoms with van der Waals surface area (Å²) in [5, 5.41) is 17.7. The number of sulfonamides is 1. The van der Waals surface area contributed by atoms with E-state index < -0.39 is 37.3 Å². The fraction of sp³-hybridized carbons (Fsp3) is 1.00. The Kier molecular flexibility index (Phi) is 3.24. The van der Waals surface area contributed by atoms with Crippen molar-refractivity contribution >= 4 is 19.9 Å². The SMILES string of the molecule is O=S1(=O)CCC(S(=O)(=O)N2CC(O)C(O)C2)C1. The van der Waals surface area contributed by atoms with Crippen molar-refractivity contribution in [1.29, 1.82) is 0 Å².